The zero-order valence-corrected chi connectivity index (χ0v) is 12.4. The molecule has 4 nitrogen and oxygen atoms in total. The predicted molar refractivity (Wildman–Crippen MR) is 82.2 cm³/mol. The number of rotatable bonds is 3. The molecular weight excluding hydrogens is 269 g/mol. The van der Waals surface area contributed by atoms with Crippen molar-refractivity contribution in [3.8, 4) is 0 Å². The lowest BCUT2D eigenvalue weighted by molar-refractivity contribution is 0.126. The fraction of sp³-hybridized carbons (Fsp3) is 0.438. The maximum atomic E-state index is 14.0. The molecule has 1 aliphatic rings. The molecule has 21 heavy (non-hydrogen) atoms. The van der Waals surface area contributed by atoms with Crippen LogP contribution in [0.15, 0.2) is 30.5 Å². The van der Waals surface area contributed by atoms with Crippen LogP contribution >= 0.6 is 0 Å². The second kappa shape index (κ2) is 5.58. The van der Waals surface area contributed by atoms with Gasteiger partial charge in [-0.3, -0.25) is 0 Å². The number of aromatic nitrogens is 1. The quantitative estimate of drug-likeness (QED) is 0.940. The van der Waals surface area contributed by atoms with Gasteiger partial charge in [-0.05, 0) is 19.1 Å². The first-order valence-corrected chi connectivity index (χ1v) is 7.16. The van der Waals surface area contributed by atoms with E-state index in [1.54, 1.807) is 25.4 Å². The molecule has 1 fully saturated rings. The summed E-state index contributed by atoms with van der Waals surface area (Å²) in [6.45, 7) is 5.25. The van der Waals surface area contributed by atoms with Gasteiger partial charge in [-0.1, -0.05) is 12.1 Å². The van der Waals surface area contributed by atoms with Crippen molar-refractivity contribution < 1.29 is 9.13 Å². The number of anilines is 1. The lowest BCUT2D eigenvalue weighted by Crippen LogP contribution is -2.62. The maximum absolute atomic E-state index is 14.0. The van der Waals surface area contributed by atoms with Crippen molar-refractivity contribution in [2.75, 3.05) is 38.3 Å². The molecule has 0 bridgehead atoms. The number of ether oxygens (including phenoxy) is 1. The van der Waals surface area contributed by atoms with Gasteiger partial charge in [-0.15, -0.1) is 0 Å². The number of hydrogen-bond donors (Lipinski definition) is 1. The third-order valence-electron chi connectivity index (χ3n) is 4.11. The van der Waals surface area contributed by atoms with Gasteiger partial charge in [0.1, 0.15) is 11.6 Å². The number of nitrogens with one attached hydrogen (secondary N) is 1. The van der Waals surface area contributed by atoms with E-state index in [1.807, 2.05) is 6.07 Å². The molecule has 1 saturated heterocycles. The fourth-order valence-corrected chi connectivity index (χ4v) is 3.08. The van der Waals surface area contributed by atoms with Crippen LogP contribution in [0.4, 0.5) is 10.2 Å². The summed E-state index contributed by atoms with van der Waals surface area (Å²) in [5, 5.41) is 4.86. The molecule has 112 valence electrons. The molecule has 1 aromatic heterocycles. The molecule has 5 heteroatoms. The number of benzene rings is 1. The lowest BCUT2D eigenvalue weighted by Gasteiger charge is -2.45. The summed E-state index contributed by atoms with van der Waals surface area (Å²) in [5.74, 6) is 0.618. The molecule has 1 aliphatic heterocycles. The molecular formula is C16H20FN3O. The number of halogens is 1. The van der Waals surface area contributed by atoms with E-state index in [-0.39, 0.29) is 11.4 Å². The smallest absolute Gasteiger partial charge is 0.137 e. The second-order valence-corrected chi connectivity index (χ2v) is 5.73. The minimum absolute atomic E-state index is 0.194. The fourth-order valence-electron chi connectivity index (χ4n) is 3.08. The highest BCUT2D eigenvalue weighted by atomic mass is 19.1. The minimum atomic E-state index is -0.209. The van der Waals surface area contributed by atoms with Gasteiger partial charge in [0.25, 0.3) is 0 Å². The van der Waals surface area contributed by atoms with E-state index < -0.39 is 0 Å². The van der Waals surface area contributed by atoms with Gasteiger partial charge >= 0.3 is 0 Å². The van der Waals surface area contributed by atoms with E-state index in [2.05, 4.69) is 22.1 Å². The van der Waals surface area contributed by atoms with Crippen LogP contribution in [0.5, 0.6) is 0 Å². The molecule has 1 N–H and O–H groups in total. The highest BCUT2D eigenvalue weighted by Crippen LogP contribution is 2.31. The minimum Gasteiger partial charge on any atom is -0.382 e. The average Bonchev–Trinajstić information content (AvgIpc) is 2.48. The molecule has 1 aromatic carbocycles. The average molecular weight is 289 g/mol. The number of piperazine rings is 1. The Labute approximate surface area is 123 Å². The summed E-state index contributed by atoms with van der Waals surface area (Å²) in [5.41, 5.74) is -0.194. The topological polar surface area (TPSA) is 37.4 Å². The van der Waals surface area contributed by atoms with E-state index in [4.69, 9.17) is 4.74 Å². The van der Waals surface area contributed by atoms with Gasteiger partial charge in [-0.25, -0.2) is 9.37 Å². The molecule has 0 saturated carbocycles. The Kier molecular flexibility index (Phi) is 3.78. The predicted octanol–water partition coefficient (Wildman–Crippen LogP) is 2.19. The first-order valence-electron chi connectivity index (χ1n) is 7.16. The summed E-state index contributed by atoms with van der Waals surface area (Å²) in [7, 11) is 1.70. The zero-order chi connectivity index (χ0) is 14.9. The Balaban J connectivity index is 2.12. The van der Waals surface area contributed by atoms with Gasteiger partial charge < -0.3 is 15.0 Å². The van der Waals surface area contributed by atoms with Crippen LogP contribution in [0, 0.1) is 5.82 Å². The molecule has 0 aliphatic carbocycles. The molecule has 0 spiro atoms. The Morgan fingerprint density at radius 3 is 3.05 bits per heavy atom. The van der Waals surface area contributed by atoms with Crippen LogP contribution in [0.2, 0.25) is 0 Å². The highest BCUT2D eigenvalue weighted by molar-refractivity contribution is 5.92. The molecule has 2 aromatic rings. The summed E-state index contributed by atoms with van der Waals surface area (Å²) in [4.78, 5) is 6.76. The van der Waals surface area contributed by atoms with E-state index in [0.29, 0.717) is 12.0 Å². The first-order chi connectivity index (χ1) is 10.2. The maximum Gasteiger partial charge on any atom is 0.137 e. The standard InChI is InChI=1S/C16H20FN3O/c1-16(11-21-2)10-18-8-9-20(16)15-13-4-3-5-14(17)12(13)6-7-19-15/h3-7,18H,8-11H2,1-2H3. The highest BCUT2D eigenvalue weighted by Gasteiger charge is 2.36. The lowest BCUT2D eigenvalue weighted by atomic mass is 9.97. The zero-order valence-electron chi connectivity index (χ0n) is 12.4. The van der Waals surface area contributed by atoms with Crippen molar-refractivity contribution >= 4 is 16.6 Å². The van der Waals surface area contributed by atoms with Crippen LogP contribution in [-0.4, -0.2) is 43.9 Å². The van der Waals surface area contributed by atoms with E-state index in [0.717, 1.165) is 30.8 Å². The van der Waals surface area contributed by atoms with Crippen LogP contribution in [-0.2, 0) is 4.74 Å². The third-order valence-corrected chi connectivity index (χ3v) is 4.11. The van der Waals surface area contributed by atoms with Crippen molar-refractivity contribution in [3.63, 3.8) is 0 Å². The van der Waals surface area contributed by atoms with Crippen LogP contribution < -0.4 is 10.2 Å². The van der Waals surface area contributed by atoms with Crippen molar-refractivity contribution in [2.45, 2.75) is 12.5 Å². The number of pyridine rings is 1. The normalized spacial score (nSPS) is 22.7. The van der Waals surface area contributed by atoms with Gasteiger partial charge in [0, 0.05) is 43.7 Å². The van der Waals surface area contributed by atoms with Gasteiger partial charge in [0.15, 0.2) is 0 Å². The third kappa shape index (κ3) is 2.47. The number of hydrogen-bond acceptors (Lipinski definition) is 4. The van der Waals surface area contributed by atoms with Crippen molar-refractivity contribution in [1.82, 2.24) is 10.3 Å². The Hall–Kier alpha value is -1.72. The number of nitrogens with zero attached hydrogens (tertiary/aromatic N) is 2. The Morgan fingerprint density at radius 2 is 2.24 bits per heavy atom. The van der Waals surface area contributed by atoms with Crippen LogP contribution in [0.25, 0.3) is 10.8 Å². The summed E-state index contributed by atoms with van der Waals surface area (Å²) >= 11 is 0. The monoisotopic (exact) mass is 289 g/mol. The number of methoxy groups -OCH3 is 1. The van der Waals surface area contributed by atoms with E-state index in [9.17, 15) is 4.39 Å². The van der Waals surface area contributed by atoms with E-state index in [1.165, 1.54) is 6.07 Å². The van der Waals surface area contributed by atoms with Crippen molar-refractivity contribution in [1.29, 1.82) is 0 Å². The molecule has 1 atom stereocenters. The summed E-state index contributed by atoms with van der Waals surface area (Å²) in [6, 6.07) is 6.87. The van der Waals surface area contributed by atoms with Crippen LogP contribution in [0.3, 0.4) is 0 Å². The second-order valence-electron chi connectivity index (χ2n) is 5.73. The molecule has 0 amide bonds. The molecule has 1 unspecified atom stereocenters. The van der Waals surface area contributed by atoms with Gasteiger partial charge in [-0.2, -0.15) is 0 Å². The summed E-state index contributed by atoms with van der Waals surface area (Å²) < 4.78 is 19.4. The Bertz CT molecular complexity index is 644. The number of fused-ring (bicyclic) bond motifs is 1. The van der Waals surface area contributed by atoms with Gasteiger partial charge in [0.2, 0.25) is 0 Å². The molecule has 2 heterocycles. The largest absolute Gasteiger partial charge is 0.382 e. The van der Waals surface area contributed by atoms with Crippen molar-refractivity contribution in [3.05, 3.63) is 36.3 Å². The Morgan fingerprint density at radius 1 is 1.38 bits per heavy atom. The first kappa shape index (κ1) is 14.2. The van der Waals surface area contributed by atoms with E-state index >= 15 is 0 Å². The van der Waals surface area contributed by atoms with Crippen LogP contribution in [0.1, 0.15) is 6.92 Å². The van der Waals surface area contributed by atoms with Gasteiger partial charge in [0.05, 0.1) is 12.1 Å². The molecule has 0 radical (unpaired) electrons. The summed E-state index contributed by atoms with van der Waals surface area (Å²) in [6.07, 6.45) is 1.68. The van der Waals surface area contributed by atoms with Crippen molar-refractivity contribution in [2.24, 2.45) is 0 Å². The SMILES string of the molecule is COCC1(C)CNCCN1c1nccc2c(F)cccc12. The molecule has 3 rings (SSSR count).